The quantitative estimate of drug-likeness (QED) is 0.449. The van der Waals surface area contributed by atoms with Gasteiger partial charge in [-0.25, -0.2) is 15.0 Å². The Labute approximate surface area is 178 Å². The van der Waals surface area contributed by atoms with Crippen LogP contribution in [0, 0.1) is 0 Å². The molecule has 0 aliphatic carbocycles. The highest BCUT2D eigenvalue weighted by Gasteiger charge is 2.14. The fraction of sp³-hybridized carbons (Fsp3) is 0.143. The maximum Gasteiger partial charge on any atom is 0.267 e. The Morgan fingerprint density at radius 3 is 1.13 bits per heavy atom. The average molecular weight is 419 g/mol. The molecular weight excluding hydrogens is 398 g/mol. The maximum atomic E-state index is 11.5. The number of rotatable bonds is 9. The van der Waals surface area contributed by atoms with Crippen molar-refractivity contribution in [2.45, 2.75) is 19.6 Å². The van der Waals surface area contributed by atoms with Crippen molar-refractivity contribution in [2.24, 2.45) is 17.2 Å². The van der Waals surface area contributed by atoms with Crippen molar-refractivity contribution >= 4 is 17.7 Å². The van der Waals surface area contributed by atoms with Gasteiger partial charge in [-0.1, -0.05) is 18.2 Å². The molecule has 0 atom stereocenters. The molecule has 158 valence electrons. The minimum absolute atomic E-state index is 0.153. The van der Waals surface area contributed by atoms with Crippen molar-refractivity contribution in [3.05, 3.63) is 88.8 Å². The van der Waals surface area contributed by atoms with Gasteiger partial charge in [0.25, 0.3) is 17.7 Å². The van der Waals surface area contributed by atoms with Gasteiger partial charge >= 0.3 is 0 Å². The summed E-state index contributed by atoms with van der Waals surface area (Å²) in [4.78, 5) is 49.2. The second-order valence-corrected chi connectivity index (χ2v) is 6.78. The van der Waals surface area contributed by atoms with Gasteiger partial charge in [-0.2, -0.15) is 0 Å². The van der Waals surface area contributed by atoms with E-state index in [0.29, 0.717) is 36.7 Å². The number of pyridine rings is 3. The summed E-state index contributed by atoms with van der Waals surface area (Å²) >= 11 is 0. The summed E-state index contributed by atoms with van der Waals surface area (Å²) in [6.45, 7) is 0.976. The SMILES string of the molecule is NC(=O)c1cccc(CN(Cc2cccc(C(N)=O)n2)Cc2cccc(C(N)=O)n2)n1. The molecule has 3 heterocycles. The Morgan fingerprint density at radius 1 is 0.581 bits per heavy atom. The molecule has 0 aromatic carbocycles. The van der Waals surface area contributed by atoms with Gasteiger partial charge in [-0.15, -0.1) is 0 Å². The standard InChI is InChI=1S/C21H21N7O3/c22-19(29)16-7-1-4-13(25-16)10-28(11-14-5-2-8-17(26-14)20(23)30)12-15-6-3-9-18(27-15)21(24)31/h1-9H,10-12H2,(H2,22,29)(H2,23,30)(H2,24,31). The molecular formula is C21H21N7O3. The molecule has 3 rings (SSSR count). The second-order valence-electron chi connectivity index (χ2n) is 6.78. The Hall–Kier alpha value is -4.18. The van der Waals surface area contributed by atoms with Crippen LogP contribution in [0.3, 0.4) is 0 Å². The van der Waals surface area contributed by atoms with Crippen molar-refractivity contribution in [2.75, 3.05) is 0 Å². The summed E-state index contributed by atoms with van der Waals surface area (Å²) in [5.41, 5.74) is 18.3. The van der Waals surface area contributed by atoms with Crippen LogP contribution in [0.1, 0.15) is 48.5 Å². The van der Waals surface area contributed by atoms with E-state index < -0.39 is 17.7 Å². The molecule has 10 nitrogen and oxygen atoms in total. The third kappa shape index (κ3) is 5.90. The molecule has 3 aromatic heterocycles. The molecule has 0 saturated carbocycles. The zero-order valence-electron chi connectivity index (χ0n) is 16.6. The van der Waals surface area contributed by atoms with E-state index in [2.05, 4.69) is 15.0 Å². The molecule has 0 bridgehead atoms. The van der Waals surface area contributed by atoms with Crippen LogP contribution in [0.2, 0.25) is 0 Å². The molecule has 6 N–H and O–H groups in total. The lowest BCUT2D eigenvalue weighted by atomic mass is 10.2. The molecule has 0 aliphatic rings. The van der Waals surface area contributed by atoms with E-state index in [9.17, 15) is 14.4 Å². The molecule has 0 spiro atoms. The Balaban J connectivity index is 1.89. The highest BCUT2D eigenvalue weighted by Crippen LogP contribution is 2.13. The zero-order chi connectivity index (χ0) is 22.4. The minimum Gasteiger partial charge on any atom is -0.364 e. The number of carbonyl (C=O) groups is 3. The summed E-state index contributed by atoms with van der Waals surface area (Å²) in [7, 11) is 0. The van der Waals surface area contributed by atoms with Crippen molar-refractivity contribution in [1.82, 2.24) is 19.9 Å². The Morgan fingerprint density at radius 2 is 0.871 bits per heavy atom. The van der Waals surface area contributed by atoms with Crippen LogP contribution >= 0.6 is 0 Å². The van der Waals surface area contributed by atoms with Gasteiger partial charge in [0.1, 0.15) is 17.1 Å². The molecule has 0 saturated heterocycles. The van der Waals surface area contributed by atoms with E-state index in [-0.39, 0.29) is 17.1 Å². The molecule has 0 aliphatic heterocycles. The third-order valence-corrected chi connectivity index (χ3v) is 4.33. The van der Waals surface area contributed by atoms with E-state index in [4.69, 9.17) is 17.2 Å². The van der Waals surface area contributed by atoms with Gasteiger partial charge < -0.3 is 17.2 Å². The summed E-state index contributed by atoms with van der Waals surface area (Å²) in [5, 5.41) is 0. The fourth-order valence-electron chi connectivity index (χ4n) is 2.97. The summed E-state index contributed by atoms with van der Waals surface area (Å²) in [6.07, 6.45) is 0. The maximum absolute atomic E-state index is 11.5. The van der Waals surface area contributed by atoms with Crippen molar-refractivity contribution in [3.8, 4) is 0 Å². The average Bonchev–Trinajstić information content (AvgIpc) is 2.74. The van der Waals surface area contributed by atoms with Crippen LogP contribution < -0.4 is 17.2 Å². The first-order valence-electron chi connectivity index (χ1n) is 9.31. The van der Waals surface area contributed by atoms with Crippen molar-refractivity contribution < 1.29 is 14.4 Å². The first kappa shape index (κ1) is 21.5. The van der Waals surface area contributed by atoms with Crippen LogP contribution in [-0.4, -0.2) is 37.6 Å². The molecule has 10 heteroatoms. The van der Waals surface area contributed by atoms with E-state index >= 15 is 0 Å². The predicted octanol–water partition coefficient (Wildman–Crippen LogP) is 0.371. The molecule has 0 fully saturated rings. The summed E-state index contributed by atoms with van der Waals surface area (Å²) in [5.74, 6) is -1.87. The smallest absolute Gasteiger partial charge is 0.267 e. The highest BCUT2D eigenvalue weighted by molar-refractivity contribution is 5.91. The number of aromatic nitrogens is 3. The zero-order valence-corrected chi connectivity index (χ0v) is 16.6. The molecule has 31 heavy (non-hydrogen) atoms. The first-order chi connectivity index (χ1) is 14.8. The van der Waals surface area contributed by atoms with Gasteiger partial charge in [0.05, 0.1) is 17.1 Å². The second kappa shape index (κ2) is 9.55. The molecule has 0 unspecified atom stereocenters. The minimum atomic E-state index is -0.625. The van der Waals surface area contributed by atoms with E-state index in [0.717, 1.165) is 0 Å². The van der Waals surface area contributed by atoms with Crippen LogP contribution in [0.25, 0.3) is 0 Å². The highest BCUT2D eigenvalue weighted by atomic mass is 16.2. The number of primary amides is 3. The number of amides is 3. The van der Waals surface area contributed by atoms with E-state index in [1.807, 2.05) is 4.90 Å². The van der Waals surface area contributed by atoms with Gasteiger partial charge in [0.2, 0.25) is 0 Å². The summed E-state index contributed by atoms with van der Waals surface area (Å²) in [6, 6.07) is 15.0. The van der Waals surface area contributed by atoms with Crippen molar-refractivity contribution in [3.63, 3.8) is 0 Å². The molecule has 3 amide bonds. The van der Waals surface area contributed by atoms with Gasteiger partial charge in [-0.3, -0.25) is 19.3 Å². The predicted molar refractivity (Wildman–Crippen MR) is 111 cm³/mol. The van der Waals surface area contributed by atoms with E-state index in [1.54, 1.807) is 36.4 Å². The van der Waals surface area contributed by atoms with Crippen LogP contribution in [-0.2, 0) is 19.6 Å². The molecule has 0 radical (unpaired) electrons. The third-order valence-electron chi connectivity index (χ3n) is 4.33. The van der Waals surface area contributed by atoms with E-state index in [1.165, 1.54) is 18.2 Å². The van der Waals surface area contributed by atoms with Crippen LogP contribution in [0.4, 0.5) is 0 Å². The van der Waals surface area contributed by atoms with Gasteiger partial charge in [0, 0.05) is 19.6 Å². The van der Waals surface area contributed by atoms with Crippen LogP contribution in [0.5, 0.6) is 0 Å². The van der Waals surface area contributed by atoms with Crippen molar-refractivity contribution in [1.29, 1.82) is 0 Å². The number of hydrogen-bond acceptors (Lipinski definition) is 7. The summed E-state index contributed by atoms with van der Waals surface area (Å²) < 4.78 is 0. The molecule has 3 aromatic rings. The number of carbonyl (C=O) groups excluding carboxylic acids is 3. The van der Waals surface area contributed by atoms with Gasteiger partial charge in [-0.05, 0) is 36.4 Å². The van der Waals surface area contributed by atoms with Gasteiger partial charge in [0.15, 0.2) is 0 Å². The normalized spacial score (nSPS) is 10.7. The fourth-order valence-corrected chi connectivity index (χ4v) is 2.97. The topological polar surface area (TPSA) is 171 Å². The number of nitrogens with two attached hydrogens (primary N) is 3. The van der Waals surface area contributed by atoms with Crippen LogP contribution in [0.15, 0.2) is 54.6 Å². The lowest BCUT2D eigenvalue weighted by Crippen LogP contribution is -2.26. The number of hydrogen-bond donors (Lipinski definition) is 3. The lowest BCUT2D eigenvalue weighted by molar-refractivity contribution is 0.0987. The largest absolute Gasteiger partial charge is 0.364 e. The first-order valence-corrected chi connectivity index (χ1v) is 9.31. The Bertz CT molecular complexity index is 992. The monoisotopic (exact) mass is 419 g/mol. The number of nitrogens with zero attached hydrogens (tertiary/aromatic N) is 4. The Kier molecular flexibility index (Phi) is 6.63. The lowest BCUT2D eigenvalue weighted by Gasteiger charge is -2.22.